The minimum Gasteiger partial charge on any atom is -0.316 e. The summed E-state index contributed by atoms with van der Waals surface area (Å²) in [5, 5.41) is 3.39. The van der Waals surface area contributed by atoms with Crippen molar-refractivity contribution >= 4 is 27.3 Å². The number of benzene rings is 2. The zero-order valence-corrected chi connectivity index (χ0v) is 12.5. The van der Waals surface area contributed by atoms with Gasteiger partial charge in [-0.2, -0.15) is 0 Å². The average molecular weight is 311 g/mol. The van der Waals surface area contributed by atoms with E-state index in [0.29, 0.717) is 17.3 Å². The lowest BCUT2D eigenvalue weighted by atomic mass is 10.2. The van der Waals surface area contributed by atoms with Crippen LogP contribution in [-0.2, 0) is 16.6 Å². The summed E-state index contributed by atoms with van der Waals surface area (Å²) in [6.45, 7) is 0.578. The van der Waals surface area contributed by atoms with Gasteiger partial charge in [-0.3, -0.25) is 4.72 Å². The minimum atomic E-state index is -3.64. The van der Waals surface area contributed by atoms with Crippen LogP contribution in [0.25, 0.3) is 0 Å². The first kappa shape index (κ1) is 14.8. The number of halogens is 1. The zero-order valence-electron chi connectivity index (χ0n) is 10.9. The molecule has 0 saturated carbocycles. The normalized spacial score (nSPS) is 11.3. The molecule has 0 heterocycles. The molecule has 0 aromatic heterocycles. The summed E-state index contributed by atoms with van der Waals surface area (Å²) in [5.41, 5.74) is 1.43. The quantitative estimate of drug-likeness (QED) is 0.893. The number of para-hydroxylation sites is 1. The van der Waals surface area contributed by atoms with E-state index in [0.717, 1.165) is 5.56 Å². The van der Waals surface area contributed by atoms with Crippen LogP contribution in [0.3, 0.4) is 0 Å². The molecule has 2 aromatic rings. The summed E-state index contributed by atoms with van der Waals surface area (Å²) in [7, 11) is -1.83. The van der Waals surface area contributed by atoms with Crippen LogP contribution in [0.2, 0.25) is 5.02 Å². The van der Waals surface area contributed by atoms with Gasteiger partial charge in [-0.1, -0.05) is 35.9 Å². The highest BCUT2D eigenvalue weighted by Crippen LogP contribution is 2.21. The first-order chi connectivity index (χ1) is 9.53. The van der Waals surface area contributed by atoms with Gasteiger partial charge < -0.3 is 5.32 Å². The van der Waals surface area contributed by atoms with Crippen molar-refractivity contribution in [3.05, 3.63) is 59.1 Å². The fourth-order valence-electron chi connectivity index (χ4n) is 1.80. The number of anilines is 1. The second-order valence-corrected chi connectivity index (χ2v) is 6.37. The van der Waals surface area contributed by atoms with Crippen LogP contribution in [0.15, 0.2) is 53.4 Å². The molecule has 2 N–H and O–H groups in total. The van der Waals surface area contributed by atoms with Gasteiger partial charge in [0.1, 0.15) is 0 Å². The predicted molar refractivity (Wildman–Crippen MR) is 81.5 cm³/mol. The van der Waals surface area contributed by atoms with Crippen molar-refractivity contribution in [3.8, 4) is 0 Å². The third-order valence-electron chi connectivity index (χ3n) is 2.74. The lowest BCUT2D eigenvalue weighted by Crippen LogP contribution is -2.16. The highest BCUT2D eigenvalue weighted by atomic mass is 35.5. The van der Waals surface area contributed by atoms with Gasteiger partial charge in [-0.05, 0) is 36.9 Å². The van der Waals surface area contributed by atoms with E-state index in [2.05, 4.69) is 10.0 Å². The zero-order chi connectivity index (χ0) is 14.6. The maximum atomic E-state index is 12.3. The van der Waals surface area contributed by atoms with E-state index in [1.165, 1.54) is 12.1 Å². The molecule has 0 spiro atoms. The Morgan fingerprint density at radius 1 is 1.10 bits per heavy atom. The van der Waals surface area contributed by atoms with Crippen LogP contribution in [0, 0.1) is 0 Å². The van der Waals surface area contributed by atoms with Gasteiger partial charge in [0.05, 0.1) is 10.6 Å². The van der Waals surface area contributed by atoms with Crippen LogP contribution in [0.4, 0.5) is 5.69 Å². The SMILES string of the molecule is CNCc1ccccc1NS(=O)(=O)c1cccc(Cl)c1. The molecule has 0 saturated heterocycles. The topological polar surface area (TPSA) is 58.2 Å². The van der Waals surface area contributed by atoms with Gasteiger partial charge >= 0.3 is 0 Å². The van der Waals surface area contributed by atoms with Crippen LogP contribution >= 0.6 is 11.6 Å². The van der Waals surface area contributed by atoms with E-state index in [9.17, 15) is 8.42 Å². The van der Waals surface area contributed by atoms with Crippen molar-refractivity contribution < 1.29 is 8.42 Å². The molecule has 0 aliphatic rings. The molecule has 0 bridgehead atoms. The highest BCUT2D eigenvalue weighted by molar-refractivity contribution is 7.92. The van der Waals surface area contributed by atoms with Crippen molar-refractivity contribution in [2.75, 3.05) is 11.8 Å². The highest BCUT2D eigenvalue weighted by Gasteiger charge is 2.15. The molecule has 106 valence electrons. The maximum absolute atomic E-state index is 12.3. The molecule has 0 atom stereocenters. The van der Waals surface area contributed by atoms with Crippen molar-refractivity contribution in [1.82, 2.24) is 5.32 Å². The van der Waals surface area contributed by atoms with Gasteiger partial charge in [-0.25, -0.2) is 8.42 Å². The summed E-state index contributed by atoms with van der Waals surface area (Å²) in [6, 6.07) is 13.4. The molecule has 0 aliphatic carbocycles. The molecule has 0 radical (unpaired) electrons. The Bertz CT molecular complexity index is 702. The third-order valence-corrected chi connectivity index (χ3v) is 4.33. The number of rotatable bonds is 5. The Morgan fingerprint density at radius 2 is 1.85 bits per heavy atom. The van der Waals surface area contributed by atoms with E-state index in [4.69, 9.17) is 11.6 Å². The fraction of sp³-hybridized carbons (Fsp3) is 0.143. The minimum absolute atomic E-state index is 0.143. The van der Waals surface area contributed by atoms with Crippen LogP contribution in [-0.4, -0.2) is 15.5 Å². The monoisotopic (exact) mass is 310 g/mol. The largest absolute Gasteiger partial charge is 0.316 e. The van der Waals surface area contributed by atoms with E-state index in [-0.39, 0.29) is 4.90 Å². The van der Waals surface area contributed by atoms with E-state index in [1.807, 2.05) is 19.2 Å². The summed E-state index contributed by atoms with van der Waals surface area (Å²) >= 11 is 5.83. The van der Waals surface area contributed by atoms with E-state index < -0.39 is 10.0 Å². The second-order valence-electron chi connectivity index (χ2n) is 4.25. The maximum Gasteiger partial charge on any atom is 0.261 e. The molecular weight excluding hydrogens is 296 g/mol. The molecule has 6 heteroatoms. The lowest BCUT2D eigenvalue weighted by molar-refractivity contribution is 0.601. The Hall–Kier alpha value is -1.56. The Kier molecular flexibility index (Phi) is 4.65. The standard InChI is InChI=1S/C14H15ClN2O2S/c1-16-10-11-5-2-3-8-14(11)17-20(18,19)13-7-4-6-12(15)9-13/h2-9,16-17H,10H2,1H3. The molecule has 0 aliphatic heterocycles. The predicted octanol–water partition coefficient (Wildman–Crippen LogP) is 2.86. The van der Waals surface area contributed by atoms with Crippen molar-refractivity contribution in [3.63, 3.8) is 0 Å². The van der Waals surface area contributed by atoms with E-state index >= 15 is 0 Å². The number of hydrogen-bond acceptors (Lipinski definition) is 3. The van der Waals surface area contributed by atoms with Crippen molar-refractivity contribution in [2.24, 2.45) is 0 Å². The number of sulfonamides is 1. The Balaban J connectivity index is 2.34. The van der Waals surface area contributed by atoms with Crippen LogP contribution in [0.1, 0.15) is 5.56 Å². The van der Waals surface area contributed by atoms with Crippen LogP contribution in [0.5, 0.6) is 0 Å². The summed E-state index contributed by atoms with van der Waals surface area (Å²) in [5.74, 6) is 0. The lowest BCUT2D eigenvalue weighted by Gasteiger charge is -2.12. The molecule has 2 aromatic carbocycles. The first-order valence-electron chi connectivity index (χ1n) is 6.04. The van der Waals surface area contributed by atoms with Crippen molar-refractivity contribution in [1.29, 1.82) is 0 Å². The van der Waals surface area contributed by atoms with Gasteiger partial charge in [0.25, 0.3) is 10.0 Å². The smallest absolute Gasteiger partial charge is 0.261 e. The second kappa shape index (κ2) is 6.26. The molecule has 0 fully saturated rings. The molecule has 0 unspecified atom stereocenters. The van der Waals surface area contributed by atoms with Gasteiger partial charge in [0.2, 0.25) is 0 Å². The molecular formula is C14H15ClN2O2S. The first-order valence-corrected chi connectivity index (χ1v) is 7.90. The third kappa shape index (κ3) is 3.50. The van der Waals surface area contributed by atoms with Gasteiger partial charge in [0.15, 0.2) is 0 Å². The Morgan fingerprint density at radius 3 is 2.55 bits per heavy atom. The number of nitrogens with one attached hydrogen (secondary N) is 2. The van der Waals surface area contributed by atoms with E-state index in [1.54, 1.807) is 24.3 Å². The van der Waals surface area contributed by atoms with Gasteiger partial charge in [-0.15, -0.1) is 0 Å². The Labute approximate surface area is 123 Å². The van der Waals surface area contributed by atoms with Crippen LogP contribution < -0.4 is 10.0 Å². The summed E-state index contributed by atoms with van der Waals surface area (Å²) < 4.78 is 27.2. The van der Waals surface area contributed by atoms with Crippen molar-refractivity contribution in [2.45, 2.75) is 11.4 Å². The average Bonchev–Trinajstić information content (AvgIpc) is 2.41. The molecule has 0 amide bonds. The number of hydrogen-bond donors (Lipinski definition) is 2. The fourth-order valence-corrected chi connectivity index (χ4v) is 3.20. The molecule has 4 nitrogen and oxygen atoms in total. The summed E-state index contributed by atoms with van der Waals surface area (Å²) in [6.07, 6.45) is 0. The molecule has 2 rings (SSSR count). The van der Waals surface area contributed by atoms with Gasteiger partial charge in [0, 0.05) is 11.6 Å². The summed E-state index contributed by atoms with van der Waals surface area (Å²) in [4.78, 5) is 0.143. The molecule has 20 heavy (non-hydrogen) atoms.